The van der Waals surface area contributed by atoms with Crippen molar-refractivity contribution in [3.8, 4) is 6.07 Å². The SMILES string of the molecule is N#CC1CCC(C=O)CC1. The molecular weight excluding hydrogens is 126 g/mol. The molecule has 0 aromatic carbocycles. The van der Waals surface area contributed by atoms with Gasteiger partial charge < -0.3 is 4.79 Å². The largest absolute Gasteiger partial charge is 0.303 e. The first-order chi connectivity index (χ1) is 4.86. The summed E-state index contributed by atoms with van der Waals surface area (Å²) in [5, 5.41) is 8.51. The predicted octanol–water partition coefficient (Wildman–Crippen LogP) is 1.52. The van der Waals surface area contributed by atoms with E-state index >= 15 is 0 Å². The van der Waals surface area contributed by atoms with Crippen molar-refractivity contribution in [3.05, 3.63) is 0 Å². The van der Waals surface area contributed by atoms with Crippen molar-refractivity contribution in [3.63, 3.8) is 0 Å². The van der Waals surface area contributed by atoms with Crippen LogP contribution in [0.25, 0.3) is 0 Å². The van der Waals surface area contributed by atoms with Gasteiger partial charge in [0.1, 0.15) is 6.29 Å². The molecule has 0 bridgehead atoms. The normalized spacial score (nSPS) is 32.7. The Balaban J connectivity index is 2.32. The molecule has 2 heteroatoms. The Labute approximate surface area is 60.8 Å². The third kappa shape index (κ3) is 1.57. The second-order valence-corrected chi connectivity index (χ2v) is 2.88. The highest BCUT2D eigenvalue weighted by Gasteiger charge is 2.19. The molecule has 0 atom stereocenters. The van der Waals surface area contributed by atoms with Crippen molar-refractivity contribution < 1.29 is 4.79 Å². The summed E-state index contributed by atoms with van der Waals surface area (Å²) in [6.07, 6.45) is 4.69. The first-order valence-corrected chi connectivity index (χ1v) is 3.71. The minimum atomic E-state index is 0.219. The summed E-state index contributed by atoms with van der Waals surface area (Å²) >= 11 is 0. The van der Waals surface area contributed by atoms with Gasteiger partial charge in [-0.2, -0.15) is 5.26 Å². The minimum Gasteiger partial charge on any atom is -0.303 e. The highest BCUT2D eigenvalue weighted by molar-refractivity contribution is 5.53. The van der Waals surface area contributed by atoms with Gasteiger partial charge >= 0.3 is 0 Å². The maximum absolute atomic E-state index is 10.3. The van der Waals surface area contributed by atoms with Crippen LogP contribution in [0.2, 0.25) is 0 Å². The van der Waals surface area contributed by atoms with Gasteiger partial charge in [0, 0.05) is 11.8 Å². The quantitative estimate of drug-likeness (QED) is 0.514. The van der Waals surface area contributed by atoms with Crippen LogP contribution >= 0.6 is 0 Å². The van der Waals surface area contributed by atoms with Crippen molar-refractivity contribution >= 4 is 6.29 Å². The van der Waals surface area contributed by atoms with Gasteiger partial charge in [-0.15, -0.1) is 0 Å². The lowest BCUT2D eigenvalue weighted by Gasteiger charge is -2.19. The Morgan fingerprint density at radius 1 is 1.30 bits per heavy atom. The number of aldehydes is 1. The molecule has 1 aliphatic rings. The van der Waals surface area contributed by atoms with Crippen LogP contribution in [-0.4, -0.2) is 6.29 Å². The molecule has 0 spiro atoms. The molecule has 54 valence electrons. The molecule has 10 heavy (non-hydrogen) atoms. The van der Waals surface area contributed by atoms with Crippen LogP contribution in [0.5, 0.6) is 0 Å². The number of carbonyl (C=O) groups excluding carboxylic acids is 1. The van der Waals surface area contributed by atoms with Gasteiger partial charge in [-0.3, -0.25) is 0 Å². The monoisotopic (exact) mass is 137 g/mol. The first kappa shape index (κ1) is 7.27. The maximum atomic E-state index is 10.3. The van der Waals surface area contributed by atoms with E-state index in [0.29, 0.717) is 0 Å². The third-order valence-corrected chi connectivity index (χ3v) is 2.15. The molecule has 0 aliphatic heterocycles. The Bertz CT molecular complexity index is 151. The van der Waals surface area contributed by atoms with Gasteiger partial charge in [0.05, 0.1) is 6.07 Å². The standard InChI is InChI=1S/C8H11NO/c9-5-7-1-3-8(6-10)4-2-7/h6-8H,1-4H2. The number of nitriles is 1. The van der Waals surface area contributed by atoms with E-state index in [1.165, 1.54) is 0 Å². The van der Waals surface area contributed by atoms with Gasteiger partial charge in [0.15, 0.2) is 0 Å². The highest BCUT2D eigenvalue weighted by atomic mass is 16.1. The molecule has 0 aromatic rings. The van der Waals surface area contributed by atoms with Crippen molar-refractivity contribution in [2.45, 2.75) is 25.7 Å². The lowest BCUT2D eigenvalue weighted by molar-refractivity contribution is -0.112. The number of carbonyl (C=O) groups is 1. The van der Waals surface area contributed by atoms with E-state index in [4.69, 9.17) is 5.26 Å². The van der Waals surface area contributed by atoms with Gasteiger partial charge in [0.25, 0.3) is 0 Å². The highest BCUT2D eigenvalue weighted by Crippen LogP contribution is 2.26. The minimum absolute atomic E-state index is 0.219. The molecule has 0 heterocycles. The van der Waals surface area contributed by atoms with E-state index in [9.17, 15) is 4.79 Å². The van der Waals surface area contributed by atoms with E-state index in [1.807, 2.05) is 0 Å². The number of rotatable bonds is 1. The predicted molar refractivity (Wildman–Crippen MR) is 37.1 cm³/mol. The number of hydrogen-bond acceptors (Lipinski definition) is 2. The smallest absolute Gasteiger partial charge is 0.123 e. The van der Waals surface area contributed by atoms with Crippen LogP contribution in [0.3, 0.4) is 0 Å². The van der Waals surface area contributed by atoms with Crippen molar-refractivity contribution in [1.82, 2.24) is 0 Å². The Hall–Kier alpha value is -0.840. The zero-order valence-electron chi connectivity index (χ0n) is 5.92. The first-order valence-electron chi connectivity index (χ1n) is 3.71. The van der Waals surface area contributed by atoms with Crippen LogP contribution in [0.4, 0.5) is 0 Å². The topological polar surface area (TPSA) is 40.9 Å². The van der Waals surface area contributed by atoms with E-state index in [0.717, 1.165) is 32.0 Å². The van der Waals surface area contributed by atoms with Crippen LogP contribution in [-0.2, 0) is 4.79 Å². The van der Waals surface area contributed by atoms with Crippen molar-refractivity contribution in [2.75, 3.05) is 0 Å². The van der Waals surface area contributed by atoms with Gasteiger partial charge in [-0.1, -0.05) is 0 Å². The summed E-state index contributed by atoms with van der Waals surface area (Å²) in [4.78, 5) is 10.3. The summed E-state index contributed by atoms with van der Waals surface area (Å²) < 4.78 is 0. The van der Waals surface area contributed by atoms with E-state index in [-0.39, 0.29) is 11.8 Å². The molecule has 2 nitrogen and oxygen atoms in total. The second-order valence-electron chi connectivity index (χ2n) is 2.88. The van der Waals surface area contributed by atoms with Crippen molar-refractivity contribution in [1.29, 1.82) is 5.26 Å². The lowest BCUT2D eigenvalue weighted by Crippen LogP contribution is -2.13. The Morgan fingerprint density at radius 2 is 1.90 bits per heavy atom. The lowest BCUT2D eigenvalue weighted by atomic mass is 9.84. The fraction of sp³-hybridized carbons (Fsp3) is 0.750. The van der Waals surface area contributed by atoms with Crippen molar-refractivity contribution in [2.24, 2.45) is 11.8 Å². The number of nitrogens with zero attached hydrogens (tertiary/aromatic N) is 1. The molecule has 0 amide bonds. The summed E-state index contributed by atoms with van der Waals surface area (Å²) in [5.41, 5.74) is 0. The van der Waals surface area contributed by atoms with Crippen LogP contribution in [0, 0.1) is 23.2 Å². The summed E-state index contributed by atoms with van der Waals surface area (Å²) in [6, 6.07) is 2.23. The number of hydrogen-bond donors (Lipinski definition) is 0. The summed E-state index contributed by atoms with van der Waals surface area (Å²) in [5.74, 6) is 0.459. The van der Waals surface area contributed by atoms with E-state index < -0.39 is 0 Å². The molecule has 0 aromatic heterocycles. The molecule has 0 N–H and O–H groups in total. The zero-order chi connectivity index (χ0) is 7.40. The summed E-state index contributed by atoms with van der Waals surface area (Å²) in [7, 11) is 0. The van der Waals surface area contributed by atoms with Gasteiger partial charge in [0.2, 0.25) is 0 Å². The third-order valence-electron chi connectivity index (χ3n) is 2.15. The van der Waals surface area contributed by atoms with Gasteiger partial charge in [-0.25, -0.2) is 0 Å². The second kappa shape index (κ2) is 3.36. The van der Waals surface area contributed by atoms with E-state index in [1.54, 1.807) is 0 Å². The molecular formula is C8H11NO. The molecule has 0 saturated heterocycles. The average molecular weight is 137 g/mol. The maximum Gasteiger partial charge on any atom is 0.123 e. The molecule has 1 rings (SSSR count). The molecule has 1 fully saturated rings. The Morgan fingerprint density at radius 3 is 2.30 bits per heavy atom. The zero-order valence-corrected chi connectivity index (χ0v) is 5.92. The fourth-order valence-corrected chi connectivity index (χ4v) is 1.38. The van der Waals surface area contributed by atoms with E-state index in [2.05, 4.69) is 6.07 Å². The molecule has 1 aliphatic carbocycles. The molecule has 0 radical (unpaired) electrons. The fourth-order valence-electron chi connectivity index (χ4n) is 1.38. The molecule has 0 unspecified atom stereocenters. The van der Waals surface area contributed by atoms with Crippen LogP contribution in [0.1, 0.15) is 25.7 Å². The van der Waals surface area contributed by atoms with Crippen LogP contribution < -0.4 is 0 Å². The Kier molecular flexibility index (Phi) is 2.44. The average Bonchev–Trinajstić information content (AvgIpc) is 2.05. The van der Waals surface area contributed by atoms with Gasteiger partial charge in [-0.05, 0) is 25.7 Å². The molecule has 1 saturated carbocycles. The summed E-state index contributed by atoms with van der Waals surface area (Å²) in [6.45, 7) is 0. The van der Waals surface area contributed by atoms with Crippen LogP contribution in [0.15, 0.2) is 0 Å².